The number of nitrogens with one attached hydrogen (secondary N) is 1. The molecule has 7 heteroatoms. The van der Waals surface area contributed by atoms with Crippen molar-refractivity contribution in [2.24, 2.45) is 7.05 Å². The first kappa shape index (κ1) is 16.2. The van der Waals surface area contributed by atoms with Crippen LogP contribution in [0.15, 0.2) is 36.8 Å². The molecule has 0 fully saturated rings. The highest BCUT2D eigenvalue weighted by Gasteiger charge is 2.15. The van der Waals surface area contributed by atoms with Crippen LogP contribution in [-0.2, 0) is 7.05 Å². The predicted molar refractivity (Wildman–Crippen MR) is 94.2 cm³/mol. The highest BCUT2D eigenvalue weighted by Crippen LogP contribution is 2.23. The van der Waals surface area contributed by atoms with Crippen molar-refractivity contribution in [3.8, 4) is 5.75 Å². The van der Waals surface area contributed by atoms with Crippen molar-refractivity contribution >= 4 is 16.9 Å². The first-order valence-corrected chi connectivity index (χ1v) is 7.77. The second-order valence-corrected chi connectivity index (χ2v) is 5.86. The molecule has 7 nitrogen and oxygen atoms in total. The Labute approximate surface area is 141 Å². The number of fused-ring (bicyclic) bond motifs is 1. The lowest BCUT2D eigenvalue weighted by Crippen LogP contribution is -2.27. The molecule has 2 heterocycles. The average molecular weight is 326 g/mol. The molecule has 0 aliphatic heterocycles. The molecule has 1 atom stereocenters. The summed E-state index contributed by atoms with van der Waals surface area (Å²) in [4.78, 5) is 10.8. The second kappa shape index (κ2) is 6.84. The van der Waals surface area contributed by atoms with Gasteiger partial charge in [0.15, 0.2) is 5.65 Å². The van der Waals surface area contributed by atoms with E-state index in [1.54, 1.807) is 24.3 Å². The Kier molecular flexibility index (Phi) is 4.61. The molecule has 24 heavy (non-hydrogen) atoms. The van der Waals surface area contributed by atoms with Crippen LogP contribution in [0.4, 0.5) is 5.82 Å². The predicted octanol–water partition coefficient (Wildman–Crippen LogP) is 2.09. The molecule has 0 spiro atoms. The fourth-order valence-electron chi connectivity index (χ4n) is 2.72. The molecule has 0 saturated carbocycles. The summed E-state index contributed by atoms with van der Waals surface area (Å²) < 4.78 is 6.98. The number of hydrogen-bond acceptors (Lipinski definition) is 6. The molecule has 1 aromatic carbocycles. The Balaban J connectivity index is 1.80. The smallest absolute Gasteiger partial charge is 0.163 e. The maximum absolute atomic E-state index is 5.23. The molecule has 1 unspecified atom stereocenters. The third-order valence-corrected chi connectivity index (χ3v) is 4.12. The number of likely N-dealkylation sites (N-methyl/N-ethyl adjacent to an activating group) is 1. The fourth-order valence-corrected chi connectivity index (χ4v) is 2.72. The zero-order valence-electron chi connectivity index (χ0n) is 14.4. The summed E-state index contributed by atoms with van der Waals surface area (Å²) in [5.74, 6) is 1.66. The first-order chi connectivity index (χ1) is 11.6. The fraction of sp³-hybridized carbons (Fsp3) is 0.353. The van der Waals surface area contributed by atoms with E-state index in [1.165, 1.54) is 5.56 Å². The van der Waals surface area contributed by atoms with Crippen LogP contribution in [0.5, 0.6) is 5.75 Å². The molecular weight excluding hydrogens is 304 g/mol. The van der Waals surface area contributed by atoms with Crippen LogP contribution >= 0.6 is 0 Å². The molecule has 0 bridgehead atoms. The van der Waals surface area contributed by atoms with Crippen LogP contribution in [0.2, 0.25) is 0 Å². The van der Waals surface area contributed by atoms with Gasteiger partial charge in [0.2, 0.25) is 0 Å². The third kappa shape index (κ3) is 3.16. The number of ether oxygens (including phenoxy) is 1. The Morgan fingerprint density at radius 3 is 2.62 bits per heavy atom. The second-order valence-electron chi connectivity index (χ2n) is 5.86. The van der Waals surface area contributed by atoms with Gasteiger partial charge in [-0.05, 0) is 31.8 Å². The maximum atomic E-state index is 5.23. The average Bonchev–Trinajstić information content (AvgIpc) is 2.97. The van der Waals surface area contributed by atoms with Gasteiger partial charge < -0.3 is 15.0 Å². The zero-order valence-corrected chi connectivity index (χ0v) is 14.4. The van der Waals surface area contributed by atoms with Crippen molar-refractivity contribution in [1.82, 2.24) is 24.6 Å². The summed E-state index contributed by atoms with van der Waals surface area (Å²) in [6, 6.07) is 8.35. The van der Waals surface area contributed by atoms with Gasteiger partial charge in [-0.2, -0.15) is 5.10 Å². The summed E-state index contributed by atoms with van der Waals surface area (Å²) in [6.07, 6.45) is 3.35. The molecule has 126 valence electrons. The van der Waals surface area contributed by atoms with Crippen molar-refractivity contribution in [2.75, 3.05) is 33.1 Å². The maximum Gasteiger partial charge on any atom is 0.163 e. The van der Waals surface area contributed by atoms with E-state index in [2.05, 4.69) is 51.5 Å². The van der Waals surface area contributed by atoms with Crippen LogP contribution in [0, 0.1) is 0 Å². The van der Waals surface area contributed by atoms with Crippen LogP contribution in [-0.4, -0.2) is 52.4 Å². The Morgan fingerprint density at radius 2 is 1.96 bits per heavy atom. The number of nitrogens with zero attached hydrogens (tertiary/aromatic N) is 5. The number of rotatable bonds is 6. The number of anilines is 1. The molecule has 0 radical (unpaired) electrons. The van der Waals surface area contributed by atoms with Crippen molar-refractivity contribution in [3.63, 3.8) is 0 Å². The molecule has 0 amide bonds. The van der Waals surface area contributed by atoms with Crippen molar-refractivity contribution in [1.29, 1.82) is 0 Å². The highest BCUT2D eigenvalue weighted by molar-refractivity contribution is 5.85. The lowest BCUT2D eigenvalue weighted by Gasteiger charge is -2.25. The Hall–Kier alpha value is -2.67. The van der Waals surface area contributed by atoms with Gasteiger partial charge in [-0.3, -0.25) is 4.68 Å². The molecule has 2 aromatic heterocycles. The van der Waals surface area contributed by atoms with E-state index in [9.17, 15) is 0 Å². The van der Waals surface area contributed by atoms with Gasteiger partial charge in [0.05, 0.1) is 24.7 Å². The van der Waals surface area contributed by atoms with Gasteiger partial charge in [0, 0.05) is 13.6 Å². The summed E-state index contributed by atoms with van der Waals surface area (Å²) in [7, 11) is 7.68. The lowest BCUT2D eigenvalue weighted by atomic mass is 10.1. The van der Waals surface area contributed by atoms with E-state index in [4.69, 9.17) is 4.74 Å². The van der Waals surface area contributed by atoms with Gasteiger partial charge in [-0.15, -0.1) is 0 Å². The number of benzene rings is 1. The highest BCUT2D eigenvalue weighted by atomic mass is 16.5. The minimum atomic E-state index is 0.206. The van der Waals surface area contributed by atoms with Crippen molar-refractivity contribution in [2.45, 2.75) is 6.04 Å². The summed E-state index contributed by atoms with van der Waals surface area (Å²) in [6.45, 7) is 0.723. The van der Waals surface area contributed by atoms with Gasteiger partial charge in [0.25, 0.3) is 0 Å². The molecule has 3 aromatic rings. The van der Waals surface area contributed by atoms with E-state index in [-0.39, 0.29) is 6.04 Å². The first-order valence-electron chi connectivity index (χ1n) is 7.77. The standard InChI is InChI=1S/C17H22N6O/c1-22(2)15(12-5-7-13(24-4)8-6-12)10-18-16-14-9-21-23(3)17(14)20-11-19-16/h5-9,11,15H,10H2,1-4H3,(H,18,19,20). The van der Waals surface area contributed by atoms with Gasteiger partial charge in [-0.1, -0.05) is 12.1 Å². The Morgan fingerprint density at radius 1 is 1.21 bits per heavy atom. The van der Waals surface area contributed by atoms with Crippen LogP contribution in [0.1, 0.15) is 11.6 Å². The summed E-state index contributed by atoms with van der Waals surface area (Å²) in [5, 5.41) is 8.60. The largest absolute Gasteiger partial charge is 0.497 e. The number of hydrogen-bond donors (Lipinski definition) is 1. The van der Waals surface area contributed by atoms with E-state index in [0.717, 1.165) is 29.1 Å². The SMILES string of the molecule is COc1ccc(C(CNc2ncnc3c2cnn3C)N(C)C)cc1. The minimum Gasteiger partial charge on any atom is -0.497 e. The minimum absolute atomic E-state index is 0.206. The molecule has 0 saturated heterocycles. The lowest BCUT2D eigenvalue weighted by molar-refractivity contribution is 0.311. The summed E-state index contributed by atoms with van der Waals surface area (Å²) in [5.41, 5.74) is 2.03. The zero-order chi connectivity index (χ0) is 17.1. The van der Waals surface area contributed by atoms with Gasteiger partial charge in [-0.25, -0.2) is 9.97 Å². The van der Waals surface area contributed by atoms with Crippen LogP contribution < -0.4 is 10.1 Å². The van der Waals surface area contributed by atoms with E-state index >= 15 is 0 Å². The normalized spacial score (nSPS) is 12.5. The van der Waals surface area contributed by atoms with E-state index in [0.29, 0.717) is 0 Å². The topological polar surface area (TPSA) is 68.1 Å². The number of methoxy groups -OCH3 is 1. The van der Waals surface area contributed by atoms with Crippen LogP contribution in [0.25, 0.3) is 11.0 Å². The number of aryl methyl sites for hydroxylation is 1. The van der Waals surface area contributed by atoms with E-state index < -0.39 is 0 Å². The molecule has 3 rings (SSSR count). The van der Waals surface area contributed by atoms with Crippen molar-refractivity contribution < 1.29 is 4.74 Å². The molecular formula is C17H22N6O. The summed E-state index contributed by atoms with van der Waals surface area (Å²) >= 11 is 0. The van der Waals surface area contributed by atoms with E-state index in [1.807, 2.05) is 19.2 Å². The third-order valence-electron chi connectivity index (χ3n) is 4.12. The van der Waals surface area contributed by atoms with Gasteiger partial charge >= 0.3 is 0 Å². The quantitative estimate of drug-likeness (QED) is 0.748. The van der Waals surface area contributed by atoms with Gasteiger partial charge in [0.1, 0.15) is 17.9 Å². The van der Waals surface area contributed by atoms with Crippen LogP contribution in [0.3, 0.4) is 0 Å². The Bertz CT molecular complexity index is 812. The monoisotopic (exact) mass is 326 g/mol. The molecule has 0 aliphatic rings. The molecule has 0 aliphatic carbocycles. The molecule has 1 N–H and O–H groups in total. The number of aromatic nitrogens is 4. The van der Waals surface area contributed by atoms with Crippen molar-refractivity contribution in [3.05, 3.63) is 42.4 Å².